The van der Waals surface area contributed by atoms with Crippen molar-refractivity contribution in [1.82, 2.24) is 4.90 Å². The molecule has 2 nitrogen and oxygen atoms in total. The maximum absolute atomic E-state index is 5.46. The highest BCUT2D eigenvalue weighted by atomic mass is 32.2. The lowest BCUT2D eigenvalue weighted by Crippen LogP contribution is -2.32. The van der Waals surface area contributed by atoms with Crippen LogP contribution in [0.5, 0.6) is 0 Å². The summed E-state index contributed by atoms with van der Waals surface area (Å²) in [6, 6.07) is 10.3. The Labute approximate surface area is 118 Å². The number of ether oxygens (including phenoxy) is 1. The van der Waals surface area contributed by atoms with E-state index in [1.807, 2.05) is 24.5 Å². The van der Waals surface area contributed by atoms with Gasteiger partial charge in [-0.05, 0) is 11.8 Å². The number of benzene rings is 1. The highest BCUT2D eigenvalue weighted by Crippen LogP contribution is 2.22. The molecule has 4 heteroatoms. The normalized spacial score (nSPS) is 16.7. The Bertz CT molecular complexity index is 425. The van der Waals surface area contributed by atoms with Gasteiger partial charge in [0, 0.05) is 24.9 Å². The molecule has 1 heterocycles. The van der Waals surface area contributed by atoms with Gasteiger partial charge in [0.2, 0.25) is 0 Å². The van der Waals surface area contributed by atoms with Crippen LogP contribution in [0, 0.1) is 0 Å². The van der Waals surface area contributed by atoms with E-state index in [1.165, 1.54) is 5.56 Å². The fourth-order valence-electron chi connectivity index (χ4n) is 1.86. The molecule has 0 spiro atoms. The summed E-state index contributed by atoms with van der Waals surface area (Å²) in [5.41, 5.74) is 2.32. The molecule has 96 valence electrons. The van der Waals surface area contributed by atoms with Gasteiger partial charge in [0.15, 0.2) is 0 Å². The quantitative estimate of drug-likeness (QED) is 0.622. The van der Waals surface area contributed by atoms with Crippen LogP contribution in [-0.2, 0) is 4.74 Å². The Morgan fingerprint density at radius 2 is 1.94 bits per heavy atom. The van der Waals surface area contributed by atoms with E-state index in [-0.39, 0.29) is 0 Å². The maximum atomic E-state index is 5.46. The average molecular weight is 279 g/mol. The zero-order valence-corrected chi connectivity index (χ0v) is 12.1. The third kappa shape index (κ3) is 3.57. The fourth-order valence-corrected chi connectivity index (χ4v) is 2.42. The Morgan fingerprint density at radius 3 is 2.56 bits per heavy atom. The van der Waals surface area contributed by atoms with Crippen LogP contribution in [0.1, 0.15) is 5.56 Å². The van der Waals surface area contributed by atoms with Crippen molar-refractivity contribution in [1.29, 1.82) is 0 Å². The smallest absolute Gasteiger partial charge is 0.0796 e. The molecule has 1 aliphatic heterocycles. The standard InChI is InChI=1S/C14H17NOS2/c1-18-14(17)13(12-5-3-2-4-6-12)11-15-7-9-16-10-8-15/h2-6,11H,7-10H2,1H3. The molecule has 0 atom stereocenters. The SMILES string of the molecule is CSC(=S)C(=CN1CCOCC1)c1ccccc1. The predicted molar refractivity (Wildman–Crippen MR) is 82.9 cm³/mol. The lowest BCUT2D eigenvalue weighted by Gasteiger charge is -2.26. The molecule has 1 fully saturated rings. The molecular formula is C14H17NOS2. The number of thiocarbonyl (C=S) groups is 1. The summed E-state index contributed by atoms with van der Waals surface area (Å²) in [6.07, 6.45) is 4.20. The van der Waals surface area contributed by atoms with E-state index >= 15 is 0 Å². The van der Waals surface area contributed by atoms with Crippen LogP contribution in [-0.4, -0.2) is 41.7 Å². The molecule has 0 aliphatic carbocycles. The predicted octanol–water partition coefficient (Wildman–Crippen LogP) is 3.05. The number of rotatable bonds is 3. The summed E-state index contributed by atoms with van der Waals surface area (Å²) in [5.74, 6) is 0. The minimum Gasteiger partial charge on any atom is -0.378 e. The first-order valence-corrected chi connectivity index (χ1v) is 7.62. The van der Waals surface area contributed by atoms with Crippen molar-refractivity contribution in [3.05, 3.63) is 42.1 Å². The van der Waals surface area contributed by atoms with Crippen molar-refractivity contribution in [3.8, 4) is 0 Å². The van der Waals surface area contributed by atoms with Crippen LogP contribution >= 0.6 is 24.0 Å². The van der Waals surface area contributed by atoms with Gasteiger partial charge in [-0.1, -0.05) is 42.5 Å². The van der Waals surface area contributed by atoms with Crippen molar-refractivity contribution in [2.24, 2.45) is 0 Å². The second-order valence-corrected chi connectivity index (χ2v) is 5.53. The zero-order chi connectivity index (χ0) is 12.8. The van der Waals surface area contributed by atoms with Crippen LogP contribution in [0.15, 0.2) is 36.5 Å². The van der Waals surface area contributed by atoms with Gasteiger partial charge in [-0.2, -0.15) is 0 Å². The van der Waals surface area contributed by atoms with Gasteiger partial charge in [0.1, 0.15) is 0 Å². The van der Waals surface area contributed by atoms with Crippen LogP contribution in [0.25, 0.3) is 5.57 Å². The van der Waals surface area contributed by atoms with E-state index in [4.69, 9.17) is 17.0 Å². The summed E-state index contributed by atoms with van der Waals surface area (Å²) in [7, 11) is 0. The zero-order valence-electron chi connectivity index (χ0n) is 10.5. The molecule has 0 N–H and O–H groups in total. The van der Waals surface area contributed by atoms with E-state index in [9.17, 15) is 0 Å². The Balaban J connectivity index is 2.24. The van der Waals surface area contributed by atoms with Gasteiger partial charge in [-0.15, -0.1) is 11.8 Å². The lowest BCUT2D eigenvalue weighted by atomic mass is 10.1. The topological polar surface area (TPSA) is 12.5 Å². The first-order valence-electron chi connectivity index (χ1n) is 5.98. The van der Waals surface area contributed by atoms with Gasteiger partial charge >= 0.3 is 0 Å². The van der Waals surface area contributed by atoms with E-state index in [0.717, 1.165) is 36.1 Å². The highest BCUT2D eigenvalue weighted by molar-refractivity contribution is 8.24. The molecule has 0 aromatic heterocycles. The van der Waals surface area contributed by atoms with Crippen LogP contribution in [0.4, 0.5) is 0 Å². The molecule has 1 aliphatic rings. The third-order valence-corrected chi connectivity index (χ3v) is 4.16. The lowest BCUT2D eigenvalue weighted by molar-refractivity contribution is 0.0597. The van der Waals surface area contributed by atoms with Crippen LogP contribution in [0.3, 0.4) is 0 Å². The number of thioether (sulfide) groups is 1. The molecular weight excluding hydrogens is 262 g/mol. The first kappa shape index (κ1) is 13.6. The largest absolute Gasteiger partial charge is 0.378 e. The highest BCUT2D eigenvalue weighted by Gasteiger charge is 2.12. The number of morpholine rings is 1. The molecule has 0 bridgehead atoms. The molecule has 18 heavy (non-hydrogen) atoms. The molecule has 0 radical (unpaired) electrons. The first-order chi connectivity index (χ1) is 8.81. The van der Waals surface area contributed by atoms with Gasteiger partial charge in [-0.3, -0.25) is 0 Å². The number of hydrogen-bond acceptors (Lipinski definition) is 4. The molecule has 1 saturated heterocycles. The minimum atomic E-state index is 0.796. The maximum Gasteiger partial charge on any atom is 0.0796 e. The molecule has 0 amide bonds. The molecule has 1 aromatic rings. The Morgan fingerprint density at radius 1 is 1.28 bits per heavy atom. The Hall–Kier alpha value is -0.840. The fraction of sp³-hybridized carbons (Fsp3) is 0.357. The molecule has 2 rings (SSSR count). The molecule has 0 unspecified atom stereocenters. The average Bonchev–Trinajstić information content (AvgIpc) is 2.46. The second-order valence-electron chi connectivity index (χ2n) is 4.05. The van der Waals surface area contributed by atoms with E-state index in [0.29, 0.717) is 0 Å². The van der Waals surface area contributed by atoms with Crippen molar-refractivity contribution in [2.75, 3.05) is 32.6 Å². The van der Waals surface area contributed by atoms with Gasteiger partial charge in [0.25, 0.3) is 0 Å². The van der Waals surface area contributed by atoms with E-state index in [2.05, 4.69) is 23.2 Å². The summed E-state index contributed by atoms with van der Waals surface area (Å²) >= 11 is 7.09. The summed E-state index contributed by atoms with van der Waals surface area (Å²) in [4.78, 5) is 2.29. The van der Waals surface area contributed by atoms with Crippen molar-refractivity contribution in [2.45, 2.75) is 0 Å². The third-order valence-electron chi connectivity index (χ3n) is 2.85. The van der Waals surface area contributed by atoms with Gasteiger partial charge < -0.3 is 9.64 Å². The monoisotopic (exact) mass is 279 g/mol. The van der Waals surface area contributed by atoms with Crippen molar-refractivity contribution in [3.63, 3.8) is 0 Å². The van der Waals surface area contributed by atoms with Crippen LogP contribution in [0.2, 0.25) is 0 Å². The van der Waals surface area contributed by atoms with E-state index < -0.39 is 0 Å². The van der Waals surface area contributed by atoms with Crippen molar-refractivity contribution >= 4 is 33.7 Å². The van der Waals surface area contributed by atoms with Gasteiger partial charge in [0.05, 0.1) is 17.4 Å². The van der Waals surface area contributed by atoms with E-state index in [1.54, 1.807) is 11.8 Å². The summed E-state index contributed by atoms with van der Waals surface area (Å²) < 4.78 is 6.30. The Kier molecular flexibility index (Phi) is 5.23. The summed E-state index contributed by atoms with van der Waals surface area (Å²) in [6.45, 7) is 3.47. The second kappa shape index (κ2) is 6.92. The van der Waals surface area contributed by atoms with Gasteiger partial charge in [-0.25, -0.2) is 0 Å². The number of nitrogens with zero attached hydrogens (tertiary/aromatic N) is 1. The molecule has 1 aromatic carbocycles. The molecule has 0 saturated carbocycles. The summed E-state index contributed by atoms with van der Waals surface area (Å²) in [5, 5.41) is 0. The number of hydrogen-bond donors (Lipinski definition) is 0. The van der Waals surface area contributed by atoms with Crippen LogP contribution < -0.4 is 0 Å². The minimum absolute atomic E-state index is 0.796. The van der Waals surface area contributed by atoms with Crippen molar-refractivity contribution < 1.29 is 4.74 Å².